The van der Waals surface area contributed by atoms with Crippen molar-refractivity contribution in [2.24, 2.45) is 0 Å². The second-order valence-corrected chi connectivity index (χ2v) is 5.59. The van der Waals surface area contributed by atoms with Crippen LogP contribution in [0.2, 0.25) is 0 Å². The van der Waals surface area contributed by atoms with Gasteiger partial charge in [-0.15, -0.1) is 11.3 Å². The number of benzene rings is 1. The van der Waals surface area contributed by atoms with E-state index in [0.717, 1.165) is 36.9 Å². The highest BCUT2D eigenvalue weighted by Crippen LogP contribution is 2.26. The van der Waals surface area contributed by atoms with Gasteiger partial charge in [-0.05, 0) is 12.0 Å². The predicted molar refractivity (Wildman–Crippen MR) is 78.5 cm³/mol. The van der Waals surface area contributed by atoms with E-state index in [9.17, 15) is 0 Å². The molecule has 1 fully saturated rings. The molecule has 3 nitrogen and oxygen atoms in total. The van der Waals surface area contributed by atoms with E-state index in [-0.39, 0.29) is 6.04 Å². The number of morpholine rings is 1. The van der Waals surface area contributed by atoms with Crippen molar-refractivity contribution in [2.45, 2.75) is 19.4 Å². The Labute approximate surface area is 117 Å². The largest absolute Gasteiger partial charge is 0.378 e. The van der Waals surface area contributed by atoms with Crippen LogP contribution < -0.4 is 5.32 Å². The molecule has 1 atom stereocenters. The lowest BCUT2D eigenvalue weighted by atomic mass is 10.1. The molecule has 0 aliphatic carbocycles. The number of aryl methyl sites for hydroxylation is 1. The molecule has 1 unspecified atom stereocenters. The Bertz CT molecular complexity index is 529. The first kappa shape index (κ1) is 12.8. The lowest BCUT2D eigenvalue weighted by molar-refractivity contribution is 0.0768. The van der Waals surface area contributed by atoms with Crippen molar-refractivity contribution in [3.63, 3.8) is 0 Å². The summed E-state index contributed by atoms with van der Waals surface area (Å²) in [4.78, 5) is 4.74. The molecule has 2 heterocycles. The summed E-state index contributed by atoms with van der Waals surface area (Å²) in [6.07, 6.45) is 1.08. The molecule has 0 spiro atoms. The smallest absolute Gasteiger partial charge is 0.113 e. The van der Waals surface area contributed by atoms with Crippen LogP contribution in [0.15, 0.2) is 29.6 Å². The summed E-state index contributed by atoms with van der Waals surface area (Å²) >= 11 is 1.71. The van der Waals surface area contributed by atoms with E-state index in [1.807, 2.05) is 0 Å². The van der Waals surface area contributed by atoms with Crippen LogP contribution in [0.25, 0.3) is 11.3 Å². The van der Waals surface area contributed by atoms with Crippen molar-refractivity contribution in [3.8, 4) is 11.3 Å². The van der Waals surface area contributed by atoms with Crippen molar-refractivity contribution < 1.29 is 4.74 Å². The third-order valence-corrected chi connectivity index (χ3v) is 4.36. The number of rotatable bonds is 3. The SMILES string of the molecule is CCc1ccc(-c2csc(C3COCCN3)n2)cc1. The fraction of sp³-hybridized carbons (Fsp3) is 0.400. The zero-order valence-electron chi connectivity index (χ0n) is 11.1. The Morgan fingerprint density at radius 2 is 2.21 bits per heavy atom. The molecular formula is C15H18N2OS. The maximum absolute atomic E-state index is 5.49. The minimum Gasteiger partial charge on any atom is -0.378 e. The Hall–Kier alpha value is -1.23. The van der Waals surface area contributed by atoms with Crippen molar-refractivity contribution >= 4 is 11.3 Å². The van der Waals surface area contributed by atoms with Crippen LogP contribution >= 0.6 is 11.3 Å². The van der Waals surface area contributed by atoms with Crippen LogP contribution in [0.4, 0.5) is 0 Å². The van der Waals surface area contributed by atoms with Gasteiger partial charge in [0, 0.05) is 17.5 Å². The maximum Gasteiger partial charge on any atom is 0.113 e. The first-order valence-corrected chi connectivity index (χ1v) is 7.60. The number of nitrogens with one attached hydrogen (secondary N) is 1. The average molecular weight is 274 g/mol. The highest BCUT2D eigenvalue weighted by Gasteiger charge is 2.18. The molecule has 1 aromatic heterocycles. The average Bonchev–Trinajstić information content (AvgIpc) is 2.98. The molecule has 3 rings (SSSR count). The summed E-state index contributed by atoms with van der Waals surface area (Å²) in [7, 11) is 0. The molecule has 2 aromatic rings. The van der Waals surface area contributed by atoms with Crippen molar-refractivity contribution in [2.75, 3.05) is 19.8 Å². The number of hydrogen-bond donors (Lipinski definition) is 1. The highest BCUT2D eigenvalue weighted by molar-refractivity contribution is 7.10. The fourth-order valence-corrected chi connectivity index (χ4v) is 3.10. The molecule has 0 amide bonds. The summed E-state index contributed by atoms with van der Waals surface area (Å²) in [5.74, 6) is 0. The minimum atomic E-state index is 0.252. The van der Waals surface area contributed by atoms with Gasteiger partial charge in [-0.2, -0.15) is 0 Å². The molecule has 0 saturated carbocycles. The van der Waals surface area contributed by atoms with Gasteiger partial charge in [0.1, 0.15) is 5.01 Å². The molecular weight excluding hydrogens is 256 g/mol. The van der Waals surface area contributed by atoms with Gasteiger partial charge in [-0.3, -0.25) is 0 Å². The number of ether oxygens (including phenoxy) is 1. The second kappa shape index (κ2) is 5.82. The minimum absolute atomic E-state index is 0.252. The molecule has 19 heavy (non-hydrogen) atoms. The third-order valence-electron chi connectivity index (χ3n) is 3.40. The van der Waals surface area contributed by atoms with Gasteiger partial charge in [0.2, 0.25) is 0 Å². The van der Waals surface area contributed by atoms with Crippen molar-refractivity contribution in [1.82, 2.24) is 10.3 Å². The highest BCUT2D eigenvalue weighted by atomic mass is 32.1. The van der Waals surface area contributed by atoms with Gasteiger partial charge >= 0.3 is 0 Å². The molecule has 1 aromatic carbocycles. The number of thiazole rings is 1. The van der Waals surface area contributed by atoms with E-state index in [1.54, 1.807) is 11.3 Å². The summed E-state index contributed by atoms with van der Waals surface area (Å²) in [6.45, 7) is 4.60. The number of aromatic nitrogens is 1. The van der Waals surface area contributed by atoms with E-state index in [4.69, 9.17) is 9.72 Å². The van der Waals surface area contributed by atoms with Crippen molar-refractivity contribution in [3.05, 3.63) is 40.2 Å². The Kier molecular flexibility index (Phi) is 3.92. The van der Waals surface area contributed by atoms with E-state index in [0.29, 0.717) is 0 Å². The fourth-order valence-electron chi connectivity index (χ4n) is 2.22. The molecule has 1 saturated heterocycles. The molecule has 0 radical (unpaired) electrons. The molecule has 1 N–H and O–H groups in total. The summed E-state index contributed by atoms with van der Waals surface area (Å²) in [5, 5.41) is 6.69. The summed E-state index contributed by atoms with van der Waals surface area (Å²) in [5.41, 5.74) is 3.62. The second-order valence-electron chi connectivity index (χ2n) is 4.70. The van der Waals surface area contributed by atoms with Crippen LogP contribution in [-0.2, 0) is 11.2 Å². The first-order valence-electron chi connectivity index (χ1n) is 6.72. The van der Waals surface area contributed by atoms with Crippen LogP contribution in [0.3, 0.4) is 0 Å². The van der Waals surface area contributed by atoms with Crippen LogP contribution in [0.5, 0.6) is 0 Å². The summed E-state index contributed by atoms with van der Waals surface area (Å²) in [6, 6.07) is 8.92. The van der Waals surface area contributed by atoms with E-state index in [2.05, 4.69) is 41.9 Å². The number of nitrogens with zero attached hydrogens (tertiary/aromatic N) is 1. The normalized spacial score (nSPS) is 19.5. The molecule has 4 heteroatoms. The zero-order valence-corrected chi connectivity index (χ0v) is 11.9. The maximum atomic E-state index is 5.49. The van der Waals surface area contributed by atoms with E-state index < -0.39 is 0 Å². The van der Waals surface area contributed by atoms with E-state index >= 15 is 0 Å². The van der Waals surface area contributed by atoms with Gasteiger partial charge in [0.05, 0.1) is 24.9 Å². The quantitative estimate of drug-likeness (QED) is 0.934. The Morgan fingerprint density at radius 1 is 1.37 bits per heavy atom. The summed E-state index contributed by atoms with van der Waals surface area (Å²) < 4.78 is 5.49. The molecule has 100 valence electrons. The molecule has 1 aliphatic heterocycles. The third kappa shape index (κ3) is 2.86. The monoisotopic (exact) mass is 274 g/mol. The van der Waals surface area contributed by atoms with Crippen LogP contribution in [0.1, 0.15) is 23.5 Å². The van der Waals surface area contributed by atoms with Gasteiger partial charge in [-0.25, -0.2) is 4.98 Å². The predicted octanol–water partition coefficient (Wildman–Crippen LogP) is 3.03. The first-order chi connectivity index (χ1) is 9.36. The Balaban J connectivity index is 1.79. The van der Waals surface area contributed by atoms with E-state index in [1.165, 1.54) is 11.1 Å². The lowest BCUT2D eigenvalue weighted by Gasteiger charge is -2.21. The lowest BCUT2D eigenvalue weighted by Crippen LogP contribution is -2.34. The Morgan fingerprint density at radius 3 is 2.89 bits per heavy atom. The zero-order chi connectivity index (χ0) is 13.1. The van der Waals surface area contributed by atoms with Crippen LogP contribution in [-0.4, -0.2) is 24.7 Å². The topological polar surface area (TPSA) is 34.1 Å². The van der Waals surface area contributed by atoms with Gasteiger partial charge in [-0.1, -0.05) is 31.2 Å². The standard InChI is InChI=1S/C15H18N2OS/c1-2-11-3-5-12(6-4-11)14-10-19-15(17-14)13-9-18-8-7-16-13/h3-6,10,13,16H,2,7-9H2,1H3. The van der Waals surface area contributed by atoms with Gasteiger partial charge in [0.25, 0.3) is 0 Å². The van der Waals surface area contributed by atoms with Crippen LogP contribution in [0, 0.1) is 0 Å². The van der Waals surface area contributed by atoms with Gasteiger partial charge in [0.15, 0.2) is 0 Å². The molecule has 0 bridgehead atoms. The molecule has 1 aliphatic rings. The van der Waals surface area contributed by atoms with Crippen molar-refractivity contribution in [1.29, 1.82) is 0 Å². The van der Waals surface area contributed by atoms with Gasteiger partial charge < -0.3 is 10.1 Å². The number of hydrogen-bond acceptors (Lipinski definition) is 4.